The van der Waals surface area contributed by atoms with E-state index in [2.05, 4.69) is 22.6 Å². The van der Waals surface area contributed by atoms with E-state index in [1.807, 2.05) is 30.5 Å². The zero-order valence-electron chi connectivity index (χ0n) is 8.72. The molecule has 15 heavy (non-hydrogen) atoms. The van der Waals surface area contributed by atoms with Gasteiger partial charge in [0.2, 0.25) is 0 Å². The van der Waals surface area contributed by atoms with E-state index in [1.54, 1.807) is 10.9 Å². The smallest absolute Gasteiger partial charge is 0.0894 e. The van der Waals surface area contributed by atoms with Gasteiger partial charge in [0.05, 0.1) is 23.8 Å². The molecule has 0 radical (unpaired) electrons. The van der Waals surface area contributed by atoms with E-state index in [9.17, 15) is 0 Å². The lowest BCUT2D eigenvalue weighted by Crippen LogP contribution is -2.05. The van der Waals surface area contributed by atoms with Gasteiger partial charge < -0.3 is 5.32 Å². The molecule has 0 fully saturated rings. The number of hydrogen-bond donors (Lipinski definition) is 1. The van der Waals surface area contributed by atoms with Crippen LogP contribution in [0.5, 0.6) is 0 Å². The summed E-state index contributed by atoms with van der Waals surface area (Å²) in [6, 6.07) is 8.08. The predicted molar refractivity (Wildman–Crippen MR) is 60.1 cm³/mol. The third-order valence-corrected chi connectivity index (χ3v) is 2.14. The molecule has 1 heterocycles. The standard InChI is InChI=1S/C11H14N4/c1-2-7-12-10-5-3-4-6-11(10)15-9-8-13-14-15/h3-6,8-9,12H,2,7H2,1H3. The largest absolute Gasteiger partial charge is 0.383 e. The fourth-order valence-electron chi connectivity index (χ4n) is 1.42. The lowest BCUT2D eigenvalue weighted by Gasteiger charge is -2.10. The van der Waals surface area contributed by atoms with E-state index < -0.39 is 0 Å². The molecule has 0 bridgehead atoms. The van der Waals surface area contributed by atoms with Gasteiger partial charge in [-0.15, -0.1) is 5.10 Å². The number of benzene rings is 1. The summed E-state index contributed by atoms with van der Waals surface area (Å²) < 4.78 is 1.76. The Morgan fingerprint density at radius 1 is 1.33 bits per heavy atom. The van der Waals surface area contributed by atoms with E-state index in [1.165, 1.54) is 0 Å². The van der Waals surface area contributed by atoms with Crippen molar-refractivity contribution in [1.82, 2.24) is 15.0 Å². The van der Waals surface area contributed by atoms with Crippen molar-refractivity contribution in [2.75, 3.05) is 11.9 Å². The Morgan fingerprint density at radius 3 is 2.93 bits per heavy atom. The first kappa shape index (κ1) is 9.71. The highest BCUT2D eigenvalue weighted by Gasteiger charge is 2.02. The van der Waals surface area contributed by atoms with Crippen LogP contribution in [0.25, 0.3) is 5.69 Å². The summed E-state index contributed by atoms with van der Waals surface area (Å²) in [5.74, 6) is 0. The summed E-state index contributed by atoms with van der Waals surface area (Å²) >= 11 is 0. The van der Waals surface area contributed by atoms with Crippen molar-refractivity contribution in [1.29, 1.82) is 0 Å². The Morgan fingerprint density at radius 2 is 2.20 bits per heavy atom. The lowest BCUT2D eigenvalue weighted by molar-refractivity contribution is 0.802. The molecule has 2 rings (SSSR count). The molecular formula is C11H14N4. The second-order valence-corrected chi connectivity index (χ2v) is 3.29. The van der Waals surface area contributed by atoms with E-state index in [0.29, 0.717) is 0 Å². The van der Waals surface area contributed by atoms with Gasteiger partial charge in [0, 0.05) is 6.54 Å². The minimum Gasteiger partial charge on any atom is -0.383 e. The highest BCUT2D eigenvalue weighted by molar-refractivity contribution is 5.60. The van der Waals surface area contributed by atoms with E-state index in [0.717, 1.165) is 24.3 Å². The van der Waals surface area contributed by atoms with E-state index >= 15 is 0 Å². The zero-order chi connectivity index (χ0) is 10.5. The molecule has 0 saturated carbocycles. The van der Waals surface area contributed by atoms with Crippen LogP contribution in [0, 0.1) is 0 Å². The maximum absolute atomic E-state index is 3.98. The molecule has 1 aromatic carbocycles. The SMILES string of the molecule is CCCNc1ccccc1-n1ccnn1. The molecule has 4 nitrogen and oxygen atoms in total. The number of para-hydroxylation sites is 2. The molecule has 0 unspecified atom stereocenters. The Bertz CT molecular complexity index is 408. The normalized spacial score (nSPS) is 10.2. The molecule has 1 N–H and O–H groups in total. The highest BCUT2D eigenvalue weighted by atomic mass is 15.4. The van der Waals surface area contributed by atoms with Crippen LogP contribution >= 0.6 is 0 Å². The molecule has 4 heteroatoms. The van der Waals surface area contributed by atoms with Crippen LogP contribution in [0.4, 0.5) is 5.69 Å². The first-order chi connectivity index (χ1) is 7.42. The number of aromatic nitrogens is 3. The maximum Gasteiger partial charge on any atom is 0.0894 e. The predicted octanol–water partition coefficient (Wildman–Crippen LogP) is 2.09. The quantitative estimate of drug-likeness (QED) is 0.825. The number of anilines is 1. The molecule has 0 atom stereocenters. The lowest BCUT2D eigenvalue weighted by atomic mass is 10.2. The van der Waals surface area contributed by atoms with Crippen LogP contribution in [0.1, 0.15) is 13.3 Å². The van der Waals surface area contributed by atoms with Crippen molar-refractivity contribution in [2.24, 2.45) is 0 Å². The molecule has 0 amide bonds. The maximum atomic E-state index is 3.98. The summed E-state index contributed by atoms with van der Waals surface area (Å²) in [4.78, 5) is 0. The minimum absolute atomic E-state index is 0.964. The highest BCUT2D eigenvalue weighted by Crippen LogP contribution is 2.18. The Labute approximate surface area is 88.9 Å². The molecule has 0 spiro atoms. The van der Waals surface area contributed by atoms with Gasteiger partial charge in [-0.1, -0.05) is 24.3 Å². The zero-order valence-corrected chi connectivity index (χ0v) is 8.72. The van der Waals surface area contributed by atoms with Gasteiger partial charge in [-0.25, -0.2) is 4.68 Å². The van der Waals surface area contributed by atoms with Crippen LogP contribution in [-0.2, 0) is 0 Å². The van der Waals surface area contributed by atoms with E-state index in [4.69, 9.17) is 0 Å². The Hall–Kier alpha value is -1.84. The molecule has 2 aromatic rings. The summed E-state index contributed by atoms with van der Waals surface area (Å²) in [6.07, 6.45) is 4.62. The van der Waals surface area contributed by atoms with Gasteiger partial charge in [-0.3, -0.25) is 0 Å². The fraction of sp³-hybridized carbons (Fsp3) is 0.273. The van der Waals surface area contributed by atoms with E-state index in [-0.39, 0.29) is 0 Å². The van der Waals surface area contributed by atoms with Crippen molar-refractivity contribution in [2.45, 2.75) is 13.3 Å². The summed E-state index contributed by atoms with van der Waals surface area (Å²) in [6.45, 7) is 3.11. The van der Waals surface area contributed by atoms with Crippen LogP contribution in [0.3, 0.4) is 0 Å². The topological polar surface area (TPSA) is 42.7 Å². The summed E-state index contributed by atoms with van der Waals surface area (Å²) in [5, 5.41) is 11.1. The van der Waals surface area contributed by atoms with Crippen LogP contribution in [-0.4, -0.2) is 21.5 Å². The number of nitrogens with zero attached hydrogens (tertiary/aromatic N) is 3. The van der Waals surface area contributed by atoms with Gasteiger partial charge in [0.25, 0.3) is 0 Å². The van der Waals surface area contributed by atoms with Crippen LogP contribution in [0.2, 0.25) is 0 Å². The molecule has 78 valence electrons. The van der Waals surface area contributed by atoms with Crippen molar-refractivity contribution in [3.63, 3.8) is 0 Å². The Kier molecular flexibility index (Phi) is 2.97. The second-order valence-electron chi connectivity index (χ2n) is 3.29. The van der Waals surface area contributed by atoms with Crippen molar-refractivity contribution < 1.29 is 0 Å². The molecular weight excluding hydrogens is 188 g/mol. The minimum atomic E-state index is 0.964. The van der Waals surface area contributed by atoms with Gasteiger partial charge in [-0.05, 0) is 18.6 Å². The van der Waals surface area contributed by atoms with Crippen molar-refractivity contribution in [3.05, 3.63) is 36.7 Å². The Balaban J connectivity index is 2.30. The van der Waals surface area contributed by atoms with Crippen molar-refractivity contribution >= 4 is 5.69 Å². The summed E-state index contributed by atoms with van der Waals surface area (Å²) in [7, 11) is 0. The molecule has 1 aromatic heterocycles. The average molecular weight is 202 g/mol. The molecule has 0 saturated heterocycles. The second kappa shape index (κ2) is 4.59. The average Bonchev–Trinajstić information content (AvgIpc) is 2.80. The van der Waals surface area contributed by atoms with Gasteiger partial charge >= 0.3 is 0 Å². The number of rotatable bonds is 4. The number of hydrogen-bond acceptors (Lipinski definition) is 3. The number of nitrogens with one attached hydrogen (secondary N) is 1. The van der Waals surface area contributed by atoms with Gasteiger partial charge in [-0.2, -0.15) is 0 Å². The van der Waals surface area contributed by atoms with Crippen molar-refractivity contribution in [3.8, 4) is 5.69 Å². The molecule has 0 aliphatic carbocycles. The monoisotopic (exact) mass is 202 g/mol. The third-order valence-electron chi connectivity index (χ3n) is 2.14. The molecule has 0 aliphatic rings. The van der Waals surface area contributed by atoms with Gasteiger partial charge in [0.1, 0.15) is 0 Å². The fourth-order valence-corrected chi connectivity index (χ4v) is 1.42. The first-order valence-corrected chi connectivity index (χ1v) is 5.11. The summed E-state index contributed by atoms with van der Waals surface area (Å²) in [5.41, 5.74) is 2.12. The van der Waals surface area contributed by atoms with Crippen LogP contribution in [0.15, 0.2) is 36.7 Å². The molecule has 0 aliphatic heterocycles. The van der Waals surface area contributed by atoms with Gasteiger partial charge in [0.15, 0.2) is 0 Å². The first-order valence-electron chi connectivity index (χ1n) is 5.11. The van der Waals surface area contributed by atoms with Crippen LogP contribution < -0.4 is 5.32 Å². The third kappa shape index (κ3) is 2.15.